The number of nitrogens with zero attached hydrogens (tertiary/aromatic N) is 1. The molecular weight excluding hydrogens is 359 g/mol. The number of carbonyl (C=O) groups is 2. The van der Waals surface area contributed by atoms with Gasteiger partial charge in [0.15, 0.2) is 0 Å². The van der Waals surface area contributed by atoms with Crippen LogP contribution in [0.15, 0.2) is 36.4 Å². The van der Waals surface area contributed by atoms with Gasteiger partial charge in [0, 0.05) is 34.4 Å². The van der Waals surface area contributed by atoms with E-state index in [1.54, 1.807) is 23.1 Å². The molecule has 0 aliphatic carbocycles. The van der Waals surface area contributed by atoms with Crippen molar-refractivity contribution in [2.75, 3.05) is 16.8 Å². The minimum absolute atomic E-state index is 0.0470. The van der Waals surface area contributed by atoms with Crippen molar-refractivity contribution >= 4 is 46.4 Å². The van der Waals surface area contributed by atoms with E-state index in [9.17, 15) is 9.59 Å². The van der Waals surface area contributed by atoms with E-state index in [1.807, 2.05) is 26.0 Å². The van der Waals surface area contributed by atoms with E-state index in [2.05, 4.69) is 11.4 Å². The Hall–Kier alpha value is -2.04. The molecule has 1 fully saturated rings. The van der Waals surface area contributed by atoms with Crippen LogP contribution in [0.1, 0.15) is 17.5 Å². The zero-order valence-electron chi connectivity index (χ0n) is 14.0. The molecule has 1 aliphatic heterocycles. The van der Waals surface area contributed by atoms with Crippen molar-refractivity contribution < 1.29 is 9.59 Å². The molecule has 1 heterocycles. The lowest BCUT2D eigenvalue weighted by atomic mass is 10.1. The normalized spacial score (nSPS) is 17.0. The van der Waals surface area contributed by atoms with E-state index in [0.717, 1.165) is 16.8 Å². The molecule has 0 saturated carbocycles. The molecule has 1 aliphatic rings. The molecule has 0 radical (unpaired) electrons. The number of hydrogen-bond acceptors (Lipinski definition) is 2. The highest BCUT2D eigenvalue weighted by atomic mass is 35.5. The van der Waals surface area contributed by atoms with Gasteiger partial charge in [-0.2, -0.15) is 0 Å². The van der Waals surface area contributed by atoms with Crippen molar-refractivity contribution in [1.29, 1.82) is 0 Å². The van der Waals surface area contributed by atoms with Crippen molar-refractivity contribution in [3.8, 4) is 0 Å². The Kier molecular flexibility index (Phi) is 5.02. The Balaban J connectivity index is 1.74. The van der Waals surface area contributed by atoms with Crippen molar-refractivity contribution in [1.82, 2.24) is 0 Å². The highest BCUT2D eigenvalue weighted by molar-refractivity contribution is 6.35. The standard InChI is InChI=1S/C19H18Cl2N2O2/c1-11-3-12(2)5-17(4-11)23-10-13(6-18(23)24)19(25)22-16-8-14(20)7-15(21)9-16/h3-5,7-9,13H,6,10H2,1-2H3,(H,22,25). The number of hydrogen-bond donors (Lipinski definition) is 1. The highest BCUT2D eigenvalue weighted by Gasteiger charge is 2.35. The average Bonchev–Trinajstić information content (AvgIpc) is 2.87. The van der Waals surface area contributed by atoms with Crippen LogP contribution in [0.3, 0.4) is 0 Å². The molecule has 1 saturated heterocycles. The van der Waals surface area contributed by atoms with Gasteiger partial charge in [-0.15, -0.1) is 0 Å². The Morgan fingerprint density at radius 3 is 2.24 bits per heavy atom. The highest BCUT2D eigenvalue weighted by Crippen LogP contribution is 2.28. The summed E-state index contributed by atoms with van der Waals surface area (Å²) in [4.78, 5) is 26.6. The number of rotatable bonds is 3. The molecule has 4 nitrogen and oxygen atoms in total. The number of nitrogens with one attached hydrogen (secondary N) is 1. The van der Waals surface area contributed by atoms with E-state index in [4.69, 9.17) is 23.2 Å². The van der Waals surface area contributed by atoms with Gasteiger partial charge < -0.3 is 10.2 Å². The van der Waals surface area contributed by atoms with Crippen molar-refractivity contribution in [2.45, 2.75) is 20.3 Å². The third-order valence-electron chi connectivity index (χ3n) is 4.14. The Labute approximate surface area is 156 Å². The minimum atomic E-state index is -0.411. The molecule has 130 valence electrons. The summed E-state index contributed by atoms with van der Waals surface area (Å²) < 4.78 is 0. The van der Waals surface area contributed by atoms with Gasteiger partial charge in [-0.25, -0.2) is 0 Å². The third kappa shape index (κ3) is 4.14. The minimum Gasteiger partial charge on any atom is -0.326 e. The van der Waals surface area contributed by atoms with Gasteiger partial charge in [-0.3, -0.25) is 9.59 Å². The van der Waals surface area contributed by atoms with Crippen molar-refractivity contribution in [2.24, 2.45) is 5.92 Å². The van der Waals surface area contributed by atoms with Crippen LogP contribution < -0.4 is 10.2 Å². The first-order valence-electron chi connectivity index (χ1n) is 7.97. The van der Waals surface area contributed by atoms with Crippen molar-refractivity contribution in [3.05, 3.63) is 57.6 Å². The lowest BCUT2D eigenvalue weighted by Gasteiger charge is -2.18. The van der Waals surface area contributed by atoms with Gasteiger partial charge in [-0.05, 0) is 55.3 Å². The Morgan fingerprint density at radius 2 is 1.64 bits per heavy atom. The van der Waals surface area contributed by atoms with Gasteiger partial charge in [0.25, 0.3) is 0 Å². The summed E-state index contributed by atoms with van der Waals surface area (Å²) in [5.41, 5.74) is 3.54. The zero-order valence-corrected chi connectivity index (χ0v) is 15.5. The van der Waals surface area contributed by atoms with E-state index < -0.39 is 5.92 Å². The SMILES string of the molecule is Cc1cc(C)cc(N2CC(C(=O)Nc3cc(Cl)cc(Cl)c3)CC2=O)c1. The van der Waals surface area contributed by atoms with E-state index in [0.29, 0.717) is 22.3 Å². The van der Waals surface area contributed by atoms with Crippen LogP contribution in [0.2, 0.25) is 10.0 Å². The first-order valence-corrected chi connectivity index (χ1v) is 8.73. The summed E-state index contributed by atoms with van der Waals surface area (Å²) >= 11 is 11.9. The fourth-order valence-electron chi connectivity index (χ4n) is 3.11. The lowest BCUT2D eigenvalue weighted by molar-refractivity contribution is -0.122. The fourth-order valence-corrected chi connectivity index (χ4v) is 3.64. The molecule has 2 aromatic rings. The fraction of sp³-hybridized carbons (Fsp3) is 0.263. The molecule has 0 bridgehead atoms. The van der Waals surface area contributed by atoms with Crippen LogP contribution >= 0.6 is 23.2 Å². The maximum atomic E-state index is 12.5. The van der Waals surface area contributed by atoms with Crippen LogP contribution in [0, 0.1) is 19.8 Å². The number of amides is 2. The topological polar surface area (TPSA) is 49.4 Å². The molecular formula is C19H18Cl2N2O2. The van der Waals surface area contributed by atoms with Gasteiger partial charge in [0.1, 0.15) is 0 Å². The summed E-state index contributed by atoms with van der Waals surface area (Å²) in [6.45, 7) is 4.34. The summed E-state index contributed by atoms with van der Waals surface area (Å²) in [7, 11) is 0. The second-order valence-corrected chi connectivity index (χ2v) is 7.27. The van der Waals surface area contributed by atoms with Crippen LogP contribution in [-0.4, -0.2) is 18.4 Å². The first kappa shape index (κ1) is 17.8. The molecule has 3 rings (SSSR count). The largest absolute Gasteiger partial charge is 0.326 e. The number of halogens is 2. The average molecular weight is 377 g/mol. The molecule has 6 heteroatoms. The molecule has 25 heavy (non-hydrogen) atoms. The van der Waals surface area contributed by atoms with Crippen LogP contribution in [-0.2, 0) is 9.59 Å². The quantitative estimate of drug-likeness (QED) is 0.850. The predicted octanol–water partition coefficient (Wildman–Crippen LogP) is 4.60. The maximum absolute atomic E-state index is 12.5. The smallest absolute Gasteiger partial charge is 0.229 e. The van der Waals surface area contributed by atoms with Crippen LogP contribution in [0.5, 0.6) is 0 Å². The summed E-state index contributed by atoms with van der Waals surface area (Å²) in [6, 6.07) is 10.8. The molecule has 0 aromatic heterocycles. The Bertz CT molecular complexity index is 811. The van der Waals surface area contributed by atoms with Gasteiger partial charge >= 0.3 is 0 Å². The number of benzene rings is 2. The van der Waals surface area contributed by atoms with Gasteiger partial charge in [0.2, 0.25) is 11.8 Å². The van der Waals surface area contributed by atoms with E-state index in [1.165, 1.54) is 0 Å². The first-order chi connectivity index (χ1) is 11.8. The molecule has 1 N–H and O–H groups in total. The van der Waals surface area contributed by atoms with Crippen LogP contribution in [0.4, 0.5) is 11.4 Å². The van der Waals surface area contributed by atoms with E-state index >= 15 is 0 Å². The van der Waals surface area contributed by atoms with Gasteiger partial charge in [-0.1, -0.05) is 29.3 Å². The third-order valence-corrected chi connectivity index (χ3v) is 4.58. The molecule has 1 unspecified atom stereocenters. The van der Waals surface area contributed by atoms with Crippen molar-refractivity contribution in [3.63, 3.8) is 0 Å². The van der Waals surface area contributed by atoms with Crippen LogP contribution in [0.25, 0.3) is 0 Å². The molecule has 2 aromatic carbocycles. The maximum Gasteiger partial charge on any atom is 0.229 e. The van der Waals surface area contributed by atoms with E-state index in [-0.39, 0.29) is 18.2 Å². The Morgan fingerprint density at radius 1 is 1.04 bits per heavy atom. The predicted molar refractivity (Wildman–Crippen MR) is 101 cm³/mol. The summed E-state index contributed by atoms with van der Waals surface area (Å²) in [5, 5.41) is 3.69. The molecule has 1 atom stereocenters. The van der Waals surface area contributed by atoms with Gasteiger partial charge in [0.05, 0.1) is 5.92 Å². The lowest BCUT2D eigenvalue weighted by Crippen LogP contribution is -2.28. The summed E-state index contributed by atoms with van der Waals surface area (Å²) in [6.07, 6.45) is 0.188. The summed E-state index contributed by atoms with van der Waals surface area (Å²) in [5.74, 6) is -0.668. The molecule has 0 spiro atoms. The number of aryl methyl sites for hydroxylation is 2. The number of carbonyl (C=O) groups excluding carboxylic acids is 2. The second kappa shape index (κ2) is 7.06. The zero-order chi connectivity index (χ0) is 18.1. The second-order valence-electron chi connectivity index (χ2n) is 6.40. The molecule has 2 amide bonds. The monoisotopic (exact) mass is 376 g/mol. The number of anilines is 2.